The quantitative estimate of drug-likeness (QED) is 0.325. The van der Waals surface area contributed by atoms with Gasteiger partial charge in [0, 0.05) is 16.8 Å². The Morgan fingerprint density at radius 2 is 0.750 bits per heavy atom. The van der Waals surface area contributed by atoms with Crippen LogP contribution in [0.15, 0.2) is 0 Å². The Kier molecular flexibility index (Phi) is 796. The van der Waals surface area contributed by atoms with Crippen LogP contribution in [0.5, 0.6) is 0 Å². The number of hydrogen-bond donors (Lipinski definition) is 0. The Morgan fingerprint density at radius 1 is 0.750 bits per heavy atom. The van der Waals surface area contributed by atoms with Gasteiger partial charge in [-0.15, -0.1) is 0 Å². The van der Waals surface area contributed by atoms with Crippen molar-refractivity contribution < 1.29 is 27.7 Å². The number of rotatable bonds is 0. The molecule has 4 heteroatoms. The fourth-order valence-electron chi connectivity index (χ4n) is 0. The molecule has 2 nitrogen and oxygen atoms in total. The van der Waals surface area contributed by atoms with Gasteiger partial charge in [-0.3, -0.25) is 0 Å². The summed E-state index contributed by atoms with van der Waals surface area (Å²) in [6.45, 7) is 0. The molecule has 29 valence electrons. The summed E-state index contributed by atoms with van der Waals surface area (Å²) in [7, 11) is 0. The average Bonchev–Trinajstić information content (AvgIpc) is 0. The molecule has 0 aromatic rings. The molecule has 0 saturated carbocycles. The summed E-state index contributed by atoms with van der Waals surface area (Å²) in [5, 5.41) is 0. The van der Waals surface area contributed by atoms with Gasteiger partial charge in [-0.1, -0.05) is 0 Å². The molecule has 0 bridgehead atoms. The first-order valence-corrected chi connectivity index (χ1v) is 0. The summed E-state index contributed by atoms with van der Waals surface area (Å²) in [6, 6.07) is 0. The van der Waals surface area contributed by atoms with Crippen molar-refractivity contribution in [3.05, 3.63) is 0 Å². The van der Waals surface area contributed by atoms with Crippen molar-refractivity contribution in [1.29, 1.82) is 0 Å². The van der Waals surface area contributed by atoms with Crippen molar-refractivity contribution in [2.75, 3.05) is 0 Å². The third kappa shape index (κ3) is 12.3. The van der Waals surface area contributed by atoms with Gasteiger partial charge >= 0.3 is 0 Å². The third-order valence-electron chi connectivity index (χ3n) is 0. The fourth-order valence-corrected chi connectivity index (χ4v) is 0. The SMILES string of the molecule is O.O.[AlH].[Co]. The first-order chi connectivity index (χ1) is 0. The standard InChI is InChI=1S/Al.Co.2H2O.H/h;;2*1H2;. The smallest absolute Gasteiger partial charge is 0.0854 e. The maximum atomic E-state index is 0. The van der Waals surface area contributed by atoms with Crippen LogP contribution in [0.2, 0.25) is 0 Å². The molecule has 0 aliphatic carbocycles. The molecule has 0 spiro atoms. The van der Waals surface area contributed by atoms with Crippen LogP contribution in [0.3, 0.4) is 0 Å². The molecular formula is H5AlCoO2. The average molecular weight is 123 g/mol. The normalized spacial score (nSPS) is 0. The summed E-state index contributed by atoms with van der Waals surface area (Å²) < 4.78 is 0. The van der Waals surface area contributed by atoms with Crippen LogP contribution in [-0.4, -0.2) is 28.3 Å². The van der Waals surface area contributed by atoms with Crippen LogP contribution in [0.4, 0.5) is 0 Å². The summed E-state index contributed by atoms with van der Waals surface area (Å²) in [5.74, 6) is 0. The Balaban J connectivity index is 0. The third-order valence-corrected chi connectivity index (χ3v) is 0. The molecule has 0 aliphatic heterocycles. The van der Waals surface area contributed by atoms with E-state index in [0.29, 0.717) is 0 Å². The maximum absolute atomic E-state index is 0. The molecule has 0 saturated heterocycles. The van der Waals surface area contributed by atoms with Gasteiger partial charge in [-0.05, 0) is 0 Å². The van der Waals surface area contributed by atoms with Gasteiger partial charge in [0.05, 0.1) is 17.4 Å². The maximum Gasteiger partial charge on any atom is 0.0854 e. The molecule has 0 aromatic carbocycles. The zero-order chi connectivity index (χ0) is 0. The largest absolute Gasteiger partial charge is 0.412 e. The molecule has 0 amide bonds. The first-order valence-electron chi connectivity index (χ1n) is 0. The van der Waals surface area contributed by atoms with E-state index in [0.717, 1.165) is 0 Å². The van der Waals surface area contributed by atoms with Crippen LogP contribution in [-0.2, 0) is 16.8 Å². The van der Waals surface area contributed by atoms with Crippen molar-refractivity contribution >= 4 is 17.4 Å². The van der Waals surface area contributed by atoms with E-state index >= 15 is 0 Å². The Hall–Kier alpha value is 0.959. The van der Waals surface area contributed by atoms with Crippen LogP contribution < -0.4 is 0 Å². The van der Waals surface area contributed by atoms with E-state index in [4.69, 9.17) is 0 Å². The Bertz CT molecular complexity index is 6.00. The molecule has 0 aromatic heterocycles. The Labute approximate surface area is 45.5 Å². The fraction of sp³-hybridized carbons (Fsp3) is 0. The van der Waals surface area contributed by atoms with Gasteiger partial charge < -0.3 is 11.0 Å². The van der Waals surface area contributed by atoms with Gasteiger partial charge in [-0.2, -0.15) is 0 Å². The predicted molar refractivity (Wildman–Crippen MR) is 14.4 cm³/mol. The Morgan fingerprint density at radius 3 is 0.750 bits per heavy atom. The van der Waals surface area contributed by atoms with Crippen molar-refractivity contribution in [3.63, 3.8) is 0 Å². The van der Waals surface area contributed by atoms with Crippen molar-refractivity contribution in [1.82, 2.24) is 0 Å². The minimum absolute atomic E-state index is 0. The van der Waals surface area contributed by atoms with E-state index in [1.807, 2.05) is 0 Å². The van der Waals surface area contributed by atoms with E-state index in [2.05, 4.69) is 0 Å². The molecule has 0 atom stereocenters. The van der Waals surface area contributed by atoms with Crippen molar-refractivity contribution in [2.45, 2.75) is 0 Å². The van der Waals surface area contributed by atoms with Crippen LogP contribution >= 0.6 is 0 Å². The molecular weight excluding hydrogens is 118 g/mol. The topological polar surface area (TPSA) is 63.0 Å². The summed E-state index contributed by atoms with van der Waals surface area (Å²) in [4.78, 5) is 0. The van der Waals surface area contributed by atoms with E-state index in [1.54, 1.807) is 0 Å². The van der Waals surface area contributed by atoms with E-state index < -0.39 is 0 Å². The van der Waals surface area contributed by atoms with Gasteiger partial charge in [0.2, 0.25) is 0 Å². The molecule has 4 N–H and O–H groups in total. The molecule has 4 heavy (non-hydrogen) atoms. The van der Waals surface area contributed by atoms with Gasteiger partial charge in [-0.25, -0.2) is 0 Å². The monoisotopic (exact) mass is 123 g/mol. The van der Waals surface area contributed by atoms with E-state index in [9.17, 15) is 0 Å². The van der Waals surface area contributed by atoms with Gasteiger partial charge in [0.25, 0.3) is 0 Å². The zero-order valence-corrected chi connectivity index (χ0v) is 4.50. The van der Waals surface area contributed by atoms with Gasteiger partial charge in [0.15, 0.2) is 0 Å². The summed E-state index contributed by atoms with van der Waals surface area (Å²) in [6.07, 6.45) is 0. The minimum atomic E-state index is 0. The molecule has 0 aliphatic rings. The van der Waals surface area contributed by atoms with Gasteiger partial charge in [0.1, 0.15) is 0 Å². The van der Waals surface area contributed by atoms with Crippen molar-refractivity contribution in [2.24, 2.45) is 0 Å². The molecule has 0 unspecified atom stereocenters. The summed E-state index contributed by atoms with van der Waals surface area (Å²) >= 11 is 0. The first kappa shape index (κ1) is 84.5. The van der Waals surface area contributed by atoms with Crippen LogP contribution in [0.25, 0.3) is 0 Å². The van der Waals surface area contributed by atoms with E-state index in [-0.39, 0.29) is 45.1 Å². The second-order valence-electron chi connectivity index (χ2n) is 0. The zero-order valence-electron chi connectivity index (χ0n) is 2.04. The molecule has 0 heterocycles. The van der Waals surface area contributed by atoms with Crippen LogP contribution in [0.1, 0.15) is 0 Å². The van der Waals surface area contributed by atoms with Crippen LogP contribution in [0, 0.1) is 0 Å². The second-order valence-corrected chi connectivity index (χ2v) is 0. The van der Waals surface area contributed by atoms with E-state index in [1.165, 1.54) is 0 Å². The van der Waals surface area contributed by atoms with Crippen molar-refractivity contribution in [3.8, 4) is 0 Å². The molecule has 0 fully saturated rings. The molecule has 0 rings (SSSR count). The minimum Gasteiger partial charge on any atom is -0.412 e. The molecule has 3 radical (unpaired) electrons. The second kappa shape index (κ2) is 37.7. The number of hydrogen-bond acceptors (Lipinski definition) is 0. The predicted octanol–water partition coefficient (Wildman–Crippen LogP) is -2.30. The summed E-state index contributed by atoms with van der Waals surface area (Å²) in [5.41, 5.74) is 0.